The number of furan rings is 1. The summed E-state index contributed by atoms with van der Waals surface area (Å²) >= 11 is 0. The van der Waals surface area contributed by atoms with E-state index in [1.165, 1.54) is 24.5 Å². The van der Waals surface area contributed by atoms with Crippen LogP contribution >= 0.6 is 0 Å². The van der Waals surface area contributed by atoms with Gasteiger partial charge in [0.25, 0.3) is 5.91 Å². The Labute approximate surface area is 120 Å². The van der Waals surface area contributed by atoms with Gasteiger partial charge in [-0.3, -0.25) is 4.79 Å². The van der Waals surface area contributed by atoms with Crippen molar-refractivity contribution >= 4 is 11.9 Å². The highest BCUT2D eigenvalue weighted by Crippen LogP contribution is 2.12. The van der Waals surface area contributed by atoms with Crippen LogP contribution in [-0.4, -0.2) is 18.5 Å². The topological polar surface area (TPSA) is 68.5 Å². The summed E-state index contributed by atoms with van der Waals surface area (Å²) in [7, 11) is 0. The minimum absolute atomic E-state index is 0.0365. The van der Waals surface area contributed by atoms with Crippen LogP contribution in [0.4, 0.5) is 4.39 Å². The van der Waals surface area contributed by atoms with Crippen LogP contribution in [0.3, 0.4) is 0 Å². The van der Waals surface area contributed by atoms with Crippen LogP contribution in [0.5, 0.6) is 0 Å². The van der Waals surface area contributed by atoms with Crippen molar-refractivity contribution in [3.8, 4) is 0 Å². The molecule has 110 valence electrons. The maximum absolute atomic E-state index is 12.8. The molecular weight excluding hydrogens is 277 g/mol. The standard InChI is InChI=1S/C15H14FNO4/c1-10(11-4-6-12(16)7-5-11)17-14(18)9-21-15(19)13-3-2-8-20-13/h2-8,10H,9H2,1H3,(H,17,18)/t10-/m0/s1. The molecular formula is C15H14FNO4. The average Bonchev–Trinajstić information content (AvgIpc) is 2.99. The molecule has 0 aliphatic carbocycles. The molecule has 2 aromatic rings. The minimum atomic E-state index is -0.704. The minimum Gasteiger partial charge on any atom is -0.457 e. The van der Waals surface area contributed by atoms with Crippen LogP contribution < -0.4 is 5.32 Å². The maximum Gasteiger partial charge on any atom is 0.374 e. The summed E-state index contributed by atoms with van der Waals surface area (Å²) in [5.41, 5.74) is 0.752. The number of ether oxygens (including phenoxy) is 1. The summed E-state index contributed by atoms with van der Waals surface area (Å²) in [5.74, 6) is -1.46. The molecule has 0 radical (unpaired) electrons. The molecule has 1 aromatic heterocycles. The number of halogens is 1. The number of rotatable bonds is 5. The Morgan fingerprint density at radius 1 is 1.29 bits per heavy atom. The second kappa shape index (κ2) is 6.69. The lowest BCUT2D eigenvalue weighted by Gasteiger charge is -2.14. The van der Waals surface area contributed by atoms with Crippen molar-refractivity contribution in [2.75, 3.05) is 6.61 Å². The van der Waals surface area contributed by atoms with Gasteiger partial charge in [-0.2, -0.15) is 0 Å². The molecule has 0 fully saturated rings. The van der Waals surface area contributed by atoms with Gasteiger partial charge >= 0.3 is 5.97 Å². The van der Waals surface area contributed by atoms with Crippen LogP contribution in [0.15, 0.2) is 47.1 Å². The molecule has 6 heteroatoms. The van der Waals surface area contributed by atoms with Crippen LogP contribution in [0.25, 0.3) is 0 Å². The van der Waals surface area contributed by atoms with Crippen LogP contribution in [0.1, 0.15) is 29.1 Å². The molecule has 1 aromatic carbocycles. The largest absolute Gasteiger partial charge is 0.457 e. The molecule has 21 heavy (non-hydrogen) atoms. The van der Waals surface area contributed by atoms with Crippen LogP contribution in [0, 0.1) is 5.82 Å². The van der Waals surface area contributed by atoms with Crippen molar-refractivity contribution in [2.24, 2.45) is 0 Å². The first-order valence-electron chi connectivity index (χ1n) is 6.31. The predicted octanol–water partition coefficient (Wildman–Crippen LogP) is 2.45. The van der Waals surface area contributed by atoms with Gasteiger partial charge in [0.2, 0.25) is 5.76 Å². The quantitative estimate of drug-likeness (QED) is 0.859. The lowest BCUT2D eigenvalue weighted by molar-refractivity contribution is -0.124. The van der Waals surface area contributed by atoms with E-state index in [2.05, 4.69) is 5.32 Å². The number of carbonyl (C=O) groups is 2. The number of esters is 1. The van der Waals surface area contributed by atoms with Crippen molar-refractivity contribution < 1.29 is 23.1 Å². The molecule has 1 heterocycles. The number of amides is 1. The smallest absolute Gasteiger partial charge is 0.374 e. The van der Waals surface area contributed by atoms with Gasteiger partial charge < -0.3 is 14.5 Å². The summed E-state index contributed by atoms with van der Waals surface area (Å²) in [5, 5.41) is 2.65. The SMILES string of the molecule is C[C@H](NC(=O)COC(=O)c1ccco1)c1ccc(F)cc1. The fourth-order valence-corrected chi connectivity index (χ4v) is 1.71. The van der Waals surface area contributed by atoms with E-state index < -0.39 is 18.5 Å². The van der Waals surface area contributed by atoms with E-state index in [4.69, 9.17) is 9.15 Å². The van der Waals surface area contributed by atoms with Gasteiger partial charge in [0.1, 0.15) is 5.82 Å². The van der Waals surface area contributed by atoms with Gasteiger partial charge in [-0.25, -0.2) is 9.18 Å². The van der Waals surface area contributed by atoms with Crippen molar-refractivity contribution in [1.82, 2.24) is 5.32 Å². The Bertz CT molecular complexity index is 607. The van der Waals surface area contributed by atoms with E-state index in [1.54, 1.807) is 25.1 Å². The molecule has 0 saturated carbocycles. The summed E-state index contributed by atoms with van der Waals surface area (Å²) in [4.78, 5) is 23.1. The van der Waals surface area contributed by atoms with E-state index in [0.717, 1.165) is 5.56 Å². The zero-order valence-corrected chi connectivity index (χ0v) is 11.3. The Morgan fingerprint density at radius 3 is 2.62 bits per heavy atom. The Kier molecular flexibility index (Phi) is 4.71. The summed E-state index contributed by atoms with van der Waals surface area (Å²) in [6, 6.07) is 8.46. The van der Waals surface area contributed by atoms with Gasteiger partial charge in [-0.1, -0.05) is 12.1 Å². The van der Waals surface area contributed by atoms with Gasteiger partial charge in [-0.05, 0) is 36.8 Å². The maximum atomic E-state index is 12.8. The molecule has 1 N–H and O–H groups in total. The van der Waals surface area contributed by atoms with Crippen LogP contribution in [-0.2, 0) is 9.53 Å². The normalized spacial score (nSPS) is 11.7. The third kappa shape index (κ3) is 4.17. The van der Waals surface area contributed by atoms with Crippen molar-refractivity contribution in [3.05, 3.63) is 59.8 Å². The summed E-state index contributed by atoms with van der Waals surface area (Å²) in [6.45, 7) is 1.34. The first-order valence-corrected chi connectivity index (χ1v) is 6.31. The monoisotopic (exact) mass is 291 g/mol. The number of carbonyl (C=O) groups excluding carboxylic acids is 2. The second-order valence-electron chi connectivity index (χ2n) is 4.39. The highest BCUT2D eigenvalue weighted by atomic mass is 19.1. The molecule has 0 aliphatic rings. The molecule has 0 spiro atoms. The van der Waals surface area contributed by atoms with E-state index in [-0.39, 0.29) is 17.6 Å². The zero-order valence-electron chi connectivity index (χ0n) is 11.3. The molecule has 0 unspecified atom stereocenters. The third-order valence-corrected chi connectivity index (χ3v) is 2.80. The van der Waals surface area contributed by atoms with Crippen molar-refractivity contribution in [1.29, 1.82) is 0 Å². The lowest BCUT2D eigenvalue weighted by atomic mass is 10.1. The Morgan fingerprint density at radius 2 is 2.00 bits per heavy atom. The molecule has 2 rings (SSSR count). The van der Waals surface area contributed by atoms with Crippen molar-refractivity contribution in [3.63, 3.8) is 0 Å². The molecule has 0 saturated heterocycles. The van der Waals surface area contributed by atoms with E-state index in [0.29, 0.717) is 0 Å². The van der Waals surface area contributed by atoms with E-state index in [9.17, 15) is 14.0 Å². The average molecular weight is 291 g/mol. The van der Waals surface area contributed by atoms with Gasteiger partial charge in [-0.15, -0.1) is 0 Å². The highest BCUT2D eigenvalue weighted by molar-refractivity contribution is 5.88. The second-order valence-corrected chi connectivity index (χ2v) is 4.39. The van der Waals surface area contributed by atoms with Crippen molar-refractivity contribution in [2.45, 2.75) is 13.0 Å². The molecule has 1 amide bonds. The lowest BCUT2D eigenvalue weighted by Crippen LogP contribution is -2.31. The zero-order chi connectivity index (χ0) is 15.2. The molecule has 0 aliphatic heterocycles. The fourth-order valence-electron chi connectivity index (χ4n) is 1.71. The Balaban J connectivity index is 1.81. The summed E-state index contributed by atoms with van der Waals surface area (Å²) < 4.78 is 22.4. The molecule has 0 bridgehead atoms. The summed E-state index contributed by atoms with van der Waals surface area (Å²) in [6.07, 6.45) is 1.34. The van der Waals surface area contributed by atoms with Gasteiger partial charge in [0, 0.05) is 0 Å². The van der Waals surface area contributed by atoms with E-state index >= 15 is 0 Å². The number of hydrogen-bond acceptors (Lipinski definition) is 4. The first-order chi connectivity index (χ1) is 10.1. The van der Waals surface area contributed by atoms with Gasteiger partial charge in [0.05, 0.1) is 12.3 Å². The Hall–Kier alpha value is -2.63. The first kappa shape index (κ1) is 14.8. The number of hydrogen-bond donors (Lipinski definition) is 1. The van der Waals surface area contributed by atoms with E-state index in [1.807, 2.05) is 0 Å². The number of nitrogens with one attached hydrogen (secondary N) is 1. The molecule has 1 atom stereocenters. The highest BCUT2D eigenvalue weighted by Gasteiger charge is 2.14. The van der Waals surface area contributed by atoms with Gasteiger partial charge in [0.15, 0.2) is 6.61 Å². The predicted molar refractivity (Wildman–Crippen MR) is 71.9 cm³/mol. The fraction of sp³-hybridized carbons (Fsp3) is 0.200. The number of benzene rings is 1. The van der Waals surface area contributed by atoms with Crippen LogP contribution in [0.2, 0.25) is 0 Å². The molecule has 5 nitrogen and oxygen atoms in total. The third-order valence-electron chi connectivity index (χ3n) is 2.80.